The molecule has 0 saturated carbocycles. The lowest BCUT2D eigenvalue weighted by atomic mass is 10.1. The first kappa shape index (κ1) is 35.8. The topological polar surface area (TPSA) is 162 Å². The maximum absolute atomic E-state index is 14.2. The van der Waals surface area contributed by atoms with Gasteiger partial charge in [-0.2, -0.15) is 5.09 Å². The molecule has 0 aromatic heterocycles. The van der Waals surface area contributed by atoms with Crippen LogP contribution < -0.4 is 14.9 Å². The van der Waals surface area contributed by atoms with E-state index in [0.29, 0.717) is 18.8 Å². The van der Waals surface area contributed by atoms with Gasteiger partial charge in [0.1, 0.15) is 29.4 Å². The molecule has 2 heterocycles. The van der Waals surface area contributed by atoms with Gasteiger partial charge in [-0.3, -0.25) is 18.9 Å². The van der Waals surface area contributed by atoms with E-state index in [4.69, 9.17) is 34.9 Å². The van der Waals surface area contributed by atoms with Gasteiger partial charge in [0.15, 0.2) is 6.23 Å². The number of nitrogens with one attached hydrogen (secondary N) is 2. The molecule has 1 fully saturated rings. The Bertz CT molecular complexity index is 1170. The van der Waals surface area contributed by atoms with Crippen molar-refractivity contribution < 1.29 is 47.3 Å². The van der Waals surface area contributed by atoms with Crippen LogP contribution in [0.25, 0.3) is 0 Å². The van der Waals surface area contributed by atoms with Gasteiger partial charge in [-0.05, 0) is 36.8 Å². The monoisotopic (exact) mass is 659 g/mol. The minimum Gasteiger partial charge on any atom is -0.466 e. The molecule has 0 spiro atoms. The average molecular weight is 660 g/mol. The highest BCUT2D eigenvalue weighted by Gasteiger charge is 2.47. The largest absolute Gasteiger partial charge is 0.466 e. The zero-order chi connectivity index (χ0) is 32.3. The van der Waals surface area contributed by atoms with Crippen molar-refractivity contribution in [2.45, 2.75) is 76.8 Å². The minimum atomic E-state index is -4.44. The Hall–Kier alpha value is -2.67. The molecule has 3 rings (SSSR count). The second-order valence-electron chi connectivity index (χ2n) is 11.4. The first-order valence-electron chi connectivity index (χ1n) is 14.7. The molecule has 15 heteroatoms. The van der Waals surface area contributed by atoms with Crippen molar-refractivity contribution in [1.29, 1.82) is 0 Å². The summed E-state index contributed by atoms with van der Waals surface area (Å²) in [6.07, 6.45) is 0.385. The molecule has 1 saturated heterocycles. The third-order valence-corrected chi connectivity index (χ3v) is 8.76. The molecule has 0 aliphatic carbocycles. The molecule has 2 aliphatic rings. The first-order chi connectivity index (χ1) is 20.9. The van der Waals surface area contributed by atoms with E-state index in [1.54, 1.807) is 23.1 Å². The molecule has 13 nitrogen and oxygen atoms in total. The highest BCUT2D eigenvalue weighted by Crippen LogP contribution is 2.46. The summed E-state index contributed by atoms with van der Waals surface area (Å²) in [5.41, 5.74) is 0. The van der Waals surface area contributed by atoms with Crippen molar-refractivity contribution in [3.8, 4) is 5.75 Å². The smallest absolute Gasteiger partial charge is 0.459 e. The number of carbonyl (C=O) groups is 3. The molecular formula is C29H43ClN3O10P. The number of halogens is 1. The SMILES string of the molecule is CC(C)CCOC(=O)CC(NP(=O)(OCC1OC(N2C=CC(=O)NC2)C(Cl)C1O)Oc1ccccc1)C(=O)OCCC(C)C. The van der Waals surface area contributed by atoms with E-state index < -0.39 is 62.6 Å². The molecule has 1 amide bonds. The summed E-state index contributed by atoms with van der Waals surface area (Å²) < 4.78 is 42.2. The number of carbonyl (C=O) groups excluding carboxylic acids is 3. The van der Waals surface area contributed by atoms with Crippen LogP contribution in [-0.4, -0.2) is 84.2 Å². The number of para-hydroxylation sites is 1. The predicted molar refractivity (Wildman–Crippen MR) is 161 cm³/mol. The van der Waals surface area contributed by atoms with Crippen LogP contribution in [0.2, 0.25) is 0 Å². The number of hydrogen-bond acceptors (Lipinski definition) is 11. The molecule has 44 heavy (non-hydrogen) atoms. The number of rotatable bonds is 17. The maximum Gasteiger partial charge on any atom is 0.459 e. The Kier molecular flexibility index (Phi) is 13.9. The first-order valence-corrected chi connectivity index (χ1v) is 16.6. The highest BCUT2D eigenvalue weighted by atomic mass is 35.5. The van der Waals surface area contributed by atoms with Crippen LogP contribution in [0.3, 0.4) is 0 Å². The van der Waals surface area contributed by atoms with Crippen molar-refractivity contribution in [2.75, 3.05) is 26.5 Å². The Morgan fingerprint density at radius 3 is 2.41 bits per heavy atom. The number of benzene rings is 1. The van der Waals surface area contributed by atoms with Crippen LogP contribution in [-0.2, 0) is 37.7 Å². The van der Waals surface area contributed by atoms with Gasteiger partial charge in [0, 0.05) is 12.3 Å². The van der Waals surface area contributed by atoms with E-state index in [0.717, 1.165) is 0 Å². The molecule has 3 N–H and O–H groups in total. The number of amides is 1. The van der Waals surface area contributed by atoms with E-state index >= 15 is 0 Å². The number of aliphatic hydroxyl groups excluding tert-OH is 1. The van der Waals surface area contributed by atoms with E-state index in [-0.39, 0.29) is 37.5 Å². The van der Waals surface area contributed by atoms with Crippen molar-refractivity contribution in [1.82, 2.24) is 15.3 Å². The van der Waals surface area contributed by atoms with E-state index in [2.05, 4.69) is 10.4 Å². The number of ether oxygens (including phenoxy) is 3. The van der Waals surface area contributed by atoms with Crippen molar-refractivity contribution in [2.24, 2.45) is 11.8 Å². The normalized spacial score (nSPS) is 23.7. The average Bonchev–Trinajstić information content (AvgIpc) is 3.25. The zero-order valence-corrected chi connectivity index (χ0v) is 27.1. The number of esters is 2. The lowest BCUT2D eigenvalue weighted by Crippen LogP contribution is -2.46. The highest BCUT2D eigenvalue weighted by molar-refractivity contribution is 7.52. The Morgan fingerprint density at radius 2 is 1.80 bits per heavy atom. The summed E-state index contributed by atoms with van der Waals surface area (Å²) in [5.74, 6) is -1.09. The van der Waals surface area contributed by atoms with Crippen LogP contribution >= 0.6 is 19.3 Å². The minimum absolute atomic E-state index is 0.0911. The van der Waals surface area contributed by atoms with Crippen LogP contribution in [0, 0.1) is 11.8 Å². The number of aliphatic hydroxyl groups is 1. The fourth-order valence-corrected chi connectivity index (χ4v) is 5.98. The van der Waals surface area contributed by atoms with Gasteiger partial charge in [0.2, 0.25) is 5.91 Å². The van der Waals surface area contributed by atoms with Crippen molar-refractivity contribution >= 4 is 37.2 Å². The zero-order valence-electron chi connectivity index (χ0n) is 25.4. The van der Waals surface area contributed by atoms with Gasteiger partial charge in [0.05, 0.1) is 32.9 Å². The van der Waals surface area contributed by atoms with E-state index in [9.17, 15) is 24.1 Å². The standard InChI is InChI=1S/C29H43ClN3O10P/c1-19(2)11-14-39-25(35)16-22(29(37)40-15-12-20(3)4)32-44(38,43-21-8-6-5-7-9-21)41-17-23-27(36)26(30)28(42-23)33-13-10-24(34)31-18-33/h5-10,13,19-20,22-23,26-28,36H,11-12,14-18H2,1-4H3,(H,31,34)(H,32,38). The number of hydrogen-bond donors (Lipinski definition) is 3. The lowest BCUT2D eigenvalue weighted by molar-refractivity contribution is -0.152. The molecule has 1 aromatic carbocycles. The van der Waals surface area contributed by atoms with Gasteiger partial charge >= 0.3 is 19.7 Å². The summed E-state index contributed by atoms with van der Waals surface area (Å²) in [5, 5.41) is 15.1. The van der Waals surface area contributed by atoms with Gasteiger partial charge in [-0.1, -0.05) is 45.9 Å². The van der Waals surface area contributed by atoms with Gasteiger partial charge < -0.3 is 34.1 Å². The second kappa shape index (κ2) is 17.1. The molecule has 1 aromatic rings. The van der Waals surface area contributed by atoms with Gasteiger partial charge in [0.25, 0.3) is 0 Å². The van der Waals surface area contributed by atoms with Crippen LogP contribution in [0.1, 0.15) is 47.0 Å². The number of nitrogens with zero attached hydrogens (tertiary/aromatic N) is 1. The van der Waals surface area contributed by atoms with Crippen molar-refractivity contribution in [3.05, 3.63) is 42.6 Å². The number of alkyl halides is 1. The molecule has 6 atom stereocenters. The molecule has 0 radical (unpaired) electrons. The van der Waals surface area contributed by atoms with Crippen LogP contribution in [0.5, 0.6) is 5.75 Å². The summed E-state index contributed by atoms with van der Waals surface area (Å²) in [6.45, 7) is 7.81. The van der Waals surface area contributed by atoms with E-state index in [1.165, 1.54) is 24.4 Å². The molecular weight excluding hydrogens is 617 g/mol. The fourth-order valence-electron chi connectivity index (χ4n) is 4.11. The van der Waals surface area contributed by atoms with Gasteiger partial charge in [-0.15, -0.1) is 11.6 Å². The summed E-state index contributed by atoms with van der Waals surface area (Å²) in [7, 11) is -4.44. The molecule has 246 valence electrons. The fraction of sp³-hybridized carbons (Fsp3) is 0.621. The Morgan fingerprint density at radius 1 is 1.14 bits per heavy atom. The summed E-state index contributed by atoms with van der Waals surface area (Å²) in [4.78, 5) is 38.9. The van der Waals surface area contributed by atoms with E-state index in [1.807, 2.05) is 27.7 Å². The predicted octanol–water partition coefficient (Wildman–Crippen LogP) is 3.31. The molecule has 6 unspecified atom stereocenters. The maximum atomic E-state index is 14.2. The molecule has 0 bridgehead atoms. The Labute approximate surface area is 263 Å². The quantitative estimate of drug-likeness (QED) is 0.127. The van der Waals surface area contributed by atoms with Gasteiger partial charge in [-0.25, -0.2) is 4.57 Å². The second-order valence-corrected chi connectivity index (χ2v) is 13.6. The Balaban J connectivity index is 1.77. The summed E-state index contributed by atoms with van der Waals surface area (Å²) in [6, 6.07) is 6.68. The van der Waals surface area contributed by atoms with Crippen LogP contribution in [0.15, 0.2) is 42.6 Å². The lowest BCUT2D eigenvalue weighted by Gasteiger charge is -2.31. The third-order valence-electron chi connectivity index (χ3n) is 6.72. The summed E-state index contributed by atoms with van der Waals surface area (Å²) >= 11 is 6.44. The van der Waals surface area contributed by atoms with Crippen LogP contribution in [0.4, 0.5) is 0 Å². The molecule has 2 aliphatic heterocycles. The van der Waals surface area contributed by atoms with Crippen molar-refractivity contribution in [3.63, 3.8) is 0 Å². The third kappa shape index (κ3) is 11.4.